The van der Waals surface area contributed by atoms with E-state index in [1.807, 2.05) is 18.7 Å². The van der Waals surface area contributed by atoms with Crippen molar-refractivity contribution in [2.45, 2.75) is 45.5 Å². The highest BCUT2D eigenvalue weighted by Crippen LogP contribution is 2.25. The summed E-state index contributed by atoms with van der Waals surface area (Å²) in [7, 11) is 1.69. The van der Waals surface area contributed by atoms with Crippen LogP contribution in [-0.4, -0.2) is 80.5 Å². The van der Waals surface area contributed by atoms with Crippen LogP contribution in [0.4, 0.5) is 13.2 Å². The van der Waals surface area contributed by atoms with E-state index in [0.717, 1.165) is 18.9 Å². The van der Waals surface area contributed by atoms with Gasteiger partial charge in [-0.3, -0.25) is 9.89 Å². The van der Waals surface area contributed by atoms with Crippen molar-refractivity contribution in [3.63, 3.8) is 0 Å². The van der Waals surface area contributed by atoms with Gasteiger partial charge in [-0.15, -0.1) is 24.0 Å². The van der Waals surface area contributed by atoms with E-state index < -0.39 is 12.2 Å². The standard InChI is InChI=1S/C15H29F3N4O.HI/c1-12(2)23-11-5-6-20-14(19-4)22-9-7-21(8-10-22)13(3)15(16,17)18;/h12-13H,5-11H2,1-4H3,(H,19,20);1H. The summed E-state index contributed by atoms with van der Waals surface area (Å²) >= 11 is 0. The minimum absolute atomic E-state index is 0. The number of guanidine groups is 1. The number of aliphatic imine (C=N–C) groups is 1. The van der Waals surface area contributed by atoms with Crippen molar-refractivity contribution in [1.82, 2.24) is 15.1 Å². The Morgan fingerprint density at radius 1 is 1.17 bits per heavy atom. The first-order chi connectivity index (χ1) is 10.8. The molecule has 0 amide bonds. The fourth-order valence-corrected chi connectivity index (χ4v) is 2.45. The van der Waals surface area contributed by atoms with Gasteiger partial charge in [0.2, 0.25) is 0 Å². The Kier molecular flexibility index (Phi) is 11.2. The van der Waals surface area contributed by atoms with Gasteiger partial charge >= 0.3 is 6.18 Å². The Bertz CT molecular complexity index is 372. The Morgan fingerprint density at radius 3 is 2.21 bits per heavy atom. The summed E-state index contributed by atoms with van der Waals surface area (Å²) in [6.45, 7) is 8.48. The quantitative estimate of drug-likeness (QED) is 0.283. The van der Waals surface area contributed by atoms with Crippen molar-refractivity contribution < 1.29 is 17.9 Å². The first-order valence-electron chi connectivity index (χ1n) is 8.13. The smallest absolute Gasteiger partial charge is 0.379 e. The van der Waals surface area contributed by atoms with Gasteiger partial charge in [0.15, 0.2) is 5.96 Å². The molecule has 0 aromatic rings. The van der Waals surface area contributed by atoms with Crippen molar-refractivity contribution in [3.05, 3.63) is 0 Å². The molecular formula is C15H30F3IN4O. The van der Waals surface area contributed by atoms with Crippen LogP contribution in [0, 0.1) is 0 Å². The number of ether oxygens (including phenoxy) is 1. The van der Waals surface area contributed by atoms with Crippen molar-refractivity contribution in [1.29, 1.82) is 0 Å². The van der Waals surface area contributed by atoms with Gasteiger partial charge in [-0.2, -0.15) is 13.2 Å². The molecule has 0 aromatic heterocycles. The van der Waals surface area contributed by atoms with E-state index in [-0.39, 0.29) is 30.1 Å². The third-order valence-corrected chi connectivity index (χ3v) is 3.90. The molecule has 0 bridgehead atoms. The van der Waals surface area contributed by atoms with Crippen LogP contribution >= 0.6 is 24.0 Å². The van der Waals surface area contributed by atoms with Crippen LogP contribution in [0.2, 0.25) is 0 Å². The molecule has 9 heteroatoms. The lowest BCUT2D eigenvalue weighted by molar-refractivity contribution is -0.181. The van der Waals surface area contributed by atoms with Crippen LogP contribution in [-0.2, 0) is 4.74 Å². The molecule has 1 fully saturated rings. The number of halogens is 4. The maximum Gasteiger partial charge on any atom is 0.403 e. The molecule has 1 saturated heterocycles. The maximum absolute atomic E-state index is 12.7. The number of alkyl halides is 3. The van der Waals surface area contributed by atoms with E-state index >= 15 is 0 Å². The van der Waals surface area contributed by atoms with Gasteiger partial charge in [0, 0.05) is 46.4 Å². The maximum atomic E-state index is 12.7. The molecule has 1 unspecified atom stereocenters. The second-order valence-corrected chi connectivity index (χ2v) is 5.99. The molecule has 1 aliphatic rings. The second-order valence-electron chi connectivity index (χ2n) is 5.99. The van der Waals surface area contributed by atoms with Crippen LogP contribution in [0.15, 0.2) is 4.99 Å². The Hall–Kier alpha value is -0.290. The van der Waals surface area contributed by atoms with Crippen LogP contribution in [0.5, 0.6) is 0 Å². The largest absolute Gasteiger partial charge is 0.403 e. The van der Waals surface area contributed by atoms with Gasteiger partial charge in [0.25, 0.3) is 0 Å². The van der Waals surface area contributed by atoms with Crippen LogP contribution in [0.1, 0.15) is 27.2 Å². The highest BCUT2D eigenvalue weighted by molar-refractivity contribution is 14.0. The Balaban J connectivity index is 0.00000529. The van der Waals surface area contributed by atoms with Gasteiger partial charge < -0.3 is 15.0 Å². The molecule has 1 atom stereocenters. The average Bonchev–Trinajstić information content (AvgIpc) is 2.49. The van der Waals surface area contributed by atoms with Gasteiger partial charge in [0.05, 0.1) is 6.10 Å². The van der Waals surface area contributed by atoms with Crippen LogP contribution in [0.25, 0.3) is 0 Å². The molecule has 1 heterocycles. The first kappa shape index (κ1) is 23.7. The molecule has 0 aliphatic carbocycles. The molecule has 0 aromatic carbocycles. The zero-order valence-electron chi connectivity index (χ0n) is 14.9. The summed E-state index contributed by atoms with van der Waals surface area (Å²) < 4.78 is 43.7. The lowest BCUT2D eigenvalue weighted by atomic mass is 10.2. The molecule has 0 radical (unpaired) electrons. The van der Waals surface area contributed by atoms with Crippen molar-refractivity contribution in [2.24, 2.45) is 4.99 Å². The topological polar surface area (TPSA) is 40.1 Å². The van der Waals surface area contributed by atoms with Gasteiger partial charge in [-0.1, -0.05) is 0 Å². The summed E-state index contributed by atoms with van der Waals surface area (Å²) in [5.74, 6) is 0.744. The highest BCUT2D eigenvalue weighted by Gasteiger charge is 2.40. The third-order valence-electron chi connectivity index (χ3n) is 3.90. The van der Waals surface area contributed by atoms with E-state index in [1.165, 1.54) is 11.8 Å². The number of nitrogens with one attached hydrogen (secondary N) is 1. The normalized spacial score (nSPS) is 18.5. The molecule has 24 heavy (non-hydrogen) atoms. The van der Waals surface area contributed by atoms with Crippen molar-refractivity contribution >= 4 is 29.9 Å². The van der Waals surface area contributed by atoms with E-state index in [0.29, 0.717) is 32.8 Å². The van der Waals surface area contributed by atoms with Crippen LogP contribution in [0.3, 0.4) is 0 Å². The summed E-state index contributed by atoms with van der Waals surface area (Å²) in [6.07, 6.45) is -3.08. The summed E-state index contributed by atoms with van der Waals surface area (Å²) in [6, 6.07) is -1.40. The lowest BCUT2D eigenvalue weighted by Gasteiger charge is -2.39. The predicted octanol–water partition coefficient (Wildman–Crippen LogP) is 2.56. The van der Waals surface area contributed by atoms with E-state index in [9.17, 15) is 13.2 Å². The number of piperazine rings is 1. The molecular weight excluding hydrogens is 436 g/mol. The summed E-state index contributed by atoms with van der Waals surface area (Å²) in [4.78, 5) is 7.69. The molecule has 0 spiro atoms. The molecule has 1 rings (SSSR count). The molecule has 1 aliphatic heterocycles. The number of hydrogen-bond acceptors (Lipinski definition) is 3. The summed E-state index contributed by atoms with van der Waals surface area (Å²) in [5, 5.41) is 3.24. The average molecular weight is 466 g/mol. The minimum Gasteiger partial charge on any atom is -0.379 e. The van der Waals surface area contributed by atoms with E-state index in [2.05, 4.69) is 10.3 Å². The van der Waals surface area contributed by atoms with E-state index in [1.54, 1.807) is 7.05 Å². The fraction of sp³-hybridized carbons (Fsp3) is 0.933. The second kappa shape index (κ2) is 11.3. The first-order valence-corrected chi connectivity index (χ1v) is 8.13. The summed E-state index contributed by atoms with van der Waals surface area (Å²) in [5.41, 5.74) is 0. The predicted molar refractivity (Wildman–Crippen MR) is 101 cm³/mol. The van der Waals surface area contributed by atoms with Gasteiger partial charge in [-0.25, -0.2) is 0 Å². The van der Waals surface area contributed by atoms with Gasteiger partial charge in [-0.05, 0) is 27.2 Å². The highest BCUT2D eigenvalue weighted by atomic mass is 127. The molecule has 144 valence electrons. The molecule has 1 N–H and O–H groups in total. The number of rotatable bonds is 6. The molecule has 5 nitrogen and oxygen atoms in total. The van der Waals surface area contributed by atoms with Gasteiger partial charge in [0.1, 0.15) is 6.04 Å². The zero-order valence-corrected chi connectivity index (χ0v) is 17.2. The molecule has 0 saturated carbocycles. The monoisotopic (exact) mass is 466 g/mol. The van der Waals surface area contributed by atoms with Crippen LogP contribution < -0.4 is 5.32 Å². The van der Waals surface area contributed by atoms with Crippen molar-refractivity contribution in [2.75, 3.05) is 46.4 Å². The van der Waals surface area contributed by atoms with Crippen molar-refractivity contribution in [3.8, 4) is 0 Å². The fourth-order valence-electron chi connectivity index (χ4n) is 2.45. The number of nitrogens with zero attached hydrogens (tertiary/aromatic N) is 3. The lowest BCUT2D eigenvalue weighted by Crippen LogP contribution is -2.56. The Morgan fingerprint density at radius 2 is 1.75 bits per heavy atom. The SMILES string of the molecule is CN=C(NCCCOC(C)C)N1CCN(C(C)C(F)(F)F)CC1.I. The zero-order chi connectivity index (χ0) is 17.5. The van der Waals surface area contributed by atoms with E-state index in [4.69, 9.17) is 4.74 Å². The minimum atomic E-state index is -4.17. The Labute approximate surface area is 160 Å². The number of hydrogen-bond donors (Lipinski definition) is 1. The third kappa shape index (κ3) is 8.19.